The summed E-state index contributed by atoms with van der Waals surface area (Å²) in [7, 11) is 0. The van der Waals surface area contributed by atoms with Crippen molar-refractivity contribution in [2.45, 2.75) is 26.5 Å². The largest absolute Gasteiger partial charge is 0.374 e. The van der Waals surface area contributed by atoms with Crippen molar-refractivity contribution < 1.29 is 9.53 Å². The second-order valence-electron chi connectivity index (χ2n) is 6.36. The number of rotatable bonds is 5. The van der Waals surface area contributed by atoms with E-state index in [9.17, 15) is 4.79 Å². The molecule has 1 saturated heterocycles. The van der Waals surface area contributed by atoms with Gasteiger partial charge in [0.05, 0.1) is 29.8 Å². The van der Waals surface area contributed by atoms with Crippen LogP contribution in [0, 0.1) is 13.8 Å². The van der Waals surface area contributed by atoms with E-state index in [4.69, 9.17) is 4.74 Å². The highest BCUT2D eigenvalue weighted by Gasteiger charge is 2.21. The van der Waals surface area contributed by atoms with Crippen molar-refractivity contribution in [1.82, 2.24) is 20.4 Å². The van der Waals surface area contributed by atoms with Gasteiger partial charge in [-0.15, -0.1) is 0 Å². The van der Waals surface area contributed by atoms with Gasteiger partial charge in [-0.05, 0) is 19.4 Å². The summed E-state index contributed by atoms with van der Waals surface area (Å²) in [5.74, 6) is 0. The zero-order valence-corrected chi connectivity index (χ0v) is 14.7. The Hall–Kier alpha value is -2.38. The lowest BCUT2D eigenvalue weighted by molar-refractivity contribution is -0.0285. The highest BCUT2D eigenvalue weighted by molar-refractivity contribution is 5.90. The number of H-pyrrole nitrogens is 1. The predicted octanol–water partition coefficient (Wildman–Crippen LogP) is 2.05. The van der Waals surface area contributed by atoms with E-state index in [0.717, 1.165) is 36.7 Å². The van der Waals surface area contributed by atoms with Crippen LogP contribution in [0.3, 0.4) is 0 Å². The summed E-state index contributed by atoms with van der Waals surface area (Å²) in [6.45, 7) is 7.50. The molecule has 2 amide bonds. The molecule has 2 heterocycles. The van der Waals surface area contributed by atoms with Gasteiger partial charge in [-0.3, -0.25) is 10.00 Å². The normalized spacial score (nSPS) is 18.1. The Morgan fingerprint density at radius 3 is 2.88 bits per heavy atom. The number of carbonyl (C=O) groups excluding carboxylic acids is 1. The number of aromatic nitrogens is 2. The van der Waals surface area contributed by atoms with E-state index in [-0.39, 0.29) is 12.1 Å². The summed E-state index contributed by atoms with van der Waals surface area (Å²) in [5.41, 5.74) is 3.64. The van der Waals surface area contributed by atoms with Crippen LogP contribution in [0.25, 0.3) is 0 Å². The molecule has 1 aromatic heterocycles. The van der Waals surface area contributed by atoms with Gasteiger partial charge in [0.25, 0.3) is 0 Å². The molecule has 2 aromatic rings. The van der Waals surface area contributed by atoms with Crippen LogP contribution in [0.5, 0.6) is 0 Å². The molecule has 1 aliphatic heterocycles. The van der Waals surface area contributed by atoms with E-state index in [1.165, 1.54) is 5.56 Å². The number of urea groups is 1. The molecule has 0 saturated carbocycles. The molecule has 3 rings (SSSR count). The van der Waals surface area contributed by atoms with Gasteiger partial charge in [-0.2, -0.15) is 5.10 Å². The van der Waals surface area contributed by atoms with Crippen LogP contribution in [-0.4, -0.2) is 53.5 Å². The molecule has 25 heavy (non-hydrogen) atoms. The summed E-state index contributed by atoms with van der Waals surface area (Å²) >= 11 is 0. The van der Waals surface area contributed by atoms with Crippen molar-refractivity contribution in [2.75, 3.05) is 31.6 Å². The zero-order chi connectivity index (χ0) is 17.6. The smallest absolute Gasteiger partial charge is 0.319 e. The highest BCUT2D eigenvalue weighted by Crippen LogP contribution is 2.15. The minimum absolute atomic E-state index is 0.00486. The lowest BCUT2D eigenvalue weighted by atomic mass is 10.2. The number of morpholine rings is 1. The second-order valence-corrected chi connectivity index (χ2v) is 6.36. The van der Waals surface area contributed by atoms with Gasteiger partial charge in [0.1, 0.15) is 0 Å². The van der Waals surface area contributed by atoms with Crippen molar-refractivity contribution in [2.24, 2.45) is 0 Å². The number of anilines is 1. The maximum absolute atomic E-state index is 12.1. The third kappa shape index (κ3) is 4.80. The summed E-state index contributed by atoms with van der Waals surface area (Å²) in [6.07, 6.45) is -0.00486. The Morgan fingerprint density at radius 1 is 1.36 bits per heavy atom. The molecule has 7 heteroatoms. The Bertz CT molecular complexity index is 681. The summed E-state index contributed by atoms with van der Waals surface area (Å²) < 4.78 is 5.78. The number of nitrogens with zero attached hydrogens (tertiary/aromatic N) is 2. The number of aromatic amines is 1. The molecule has 1 fully saturated rings. The van der Waals surface area contributed by atoms with E-state index in [0.29, 0.717) is 13.2 Å². The molecule has 0 bridgehead atoms. The van der Waals surface area contributed by atoms with E-state index >= 15 is 0 Å². The molecule has 1 unspecified atom stereocenters. The van der Waals surface area contributed by atoms with Gasteiger partial charge in [-0.1, -0.05) is 30.3 Å². The highest BCUT2D eigenvalue weighted by atomic mass is 16.5. The number of nitrogens with one attached hydrogen (secondary N) is 3. The molecular formula is C18H25N5O2. The Morgan fingerprint density at radius 2 is 2.16 bits per heavy atom. The summed E-state index contributed by atoms with van der Waals surface area (Å²) in [4.78, 5) is 14.5. The van der Waals surface area contributed by atoms with Gasteiger partial charge < -0.3 is 15.4 Å². The predicted molar refractivity (Wildman–Crippen MR) is 96.5 cm³/mol. The Labute approximate surface area is 147 Å². The fourth-order valence-corrected chi connectivity index (χ4v) is 2.99. The van der Waals surface area contributed by atoms with Gasteiger partial charge in [0.15, 0.2) is 0 Å². The number of carbonyl (C=O) groups is 1. The van der Waals surface area contributed by atoms with Crippen LogP contribution >= 0.6 is 0 Å². The molecule has 1 aromatic carbocycles. The topological polar surface area (TPSA) is 82.3 Å². The maximum atomic E-state index is 12.1. The number of aryl methyl sites for hydroxylation is 2. The van der Waals surface area contributed by atoms with Crippen LogP contribution in [0.2, 0.25) is 0 Å². The van der Waals surface area contributed by atoms with Crippen LogP contribution in [0.1, 0.15) is 17.0 Å². The van der Waals surface area contributed by atoms with Crippen LogP contribution in [-0.2, 0) is 11.3 Å². The molecule has 134 valence electrons. The lowest BCUT2D eigenvalue weighted by Gasteiger charge is -2.33. The first-order chi connectivity index (χ1) is 12.1. The van der Waals surface area contributed by atoms with Crippen molar-refractivity contribution in [1.29, 1.82) is 0 Å². The van der Waals surface area contributed by atoms with Crippen molar-refractivity contribution >= 4 is 11.7 Å². The number of hydrogen-bond donors (Lipinski definition) is 3. The van der Waals surface area contributed by atoms with Crippen LogP contribution < -0.4 is 10.6 Å². The Kier molecular flexibility index (Phi) is 5.67. The third-order valence-electron chi connectivity index (χ3n) is 4.33. The van der Waals surface area contributed by atoms with E-state index in [2.05, 4.69) is 50.0 Å². The average Bonchev–Trinajstić information content (AvgIpc) is 2.93. The second kappa shape index (κ2) is 8.13. The first-order valence-corrected chi connectivity index (χ1v) is 8.56. The summed E-state index contributed by atoms with van der Waals surface area (Å²) in [5, 5.41) is 12.6. The molecule has 0 spiro atoms. The quantitative estimate of drug-likeness (QED) is 0.776. The number of amides is 2. The molecule has 3 N–H and O–H groups in total. The molecular weight excluding hydrogens is 318 g/mol. The first-order valence-electron chi connectivity index (χ1n) is 8.56. The first kappa shape index (κ1) is 17.4. The van der Waals surface area contributed by atoms with Gasteiger partial charge in [0, 0.05) is 26.2 Å². The van der Waals surface area contributed by atoms with Crippen molar-refractivity contribution in [3.8, 4) is 0 Å². The number of benzene rings is 1. The number of ether oxygens (including phenoxy) is 1. The molecule has 0 radical (unpaired) electrons. The van der Waals surface area contributed by atoms with E-state index < -0.39 is 0 Å². The van der Waals surface area contributed by atoms with Gasteiger partial charge >= 0.3 is 6.03 Å². The van der Waals surface area contributed by atoms with E-state index in [1.807, 2.05) is 19.9 Å². The average molecular weight is 343 g/mol. The van der Waals surface area contributed by atoms with Crippen molar-refractivity contribution in [3.05, 3.63) is 47.3 Å². The number of hydrogen-bond acceptors (Lipinski definition) is 4. The maximum Gasteiger partial charge on any atom is 0.319 e. The standard InChI is InChI=1S/C18H25N5O2/c1-13-17(14(2)22-21-13)20-18(24)19-10-16-12-23(8-9-25-16)11-15-6-4-3-5-7-15/h3-7,16H,8-12H2,1-2H3,(H,21,22)(H2,19,20,24). The van der Waals surface area contributed by atoms with Gasteiger partial charge in [-0.25, -0.2) is 4.79 Å². The van der Waals surface area contributed by atoms with E-state index in [1.54, 1.807) is 0 Å². The molecule has 1 aliphatic rings. The monoisotopic (exact) mass is 343 g/mol. The van der Waals surface area contributed by atoms with Crippen molar-refractivity contribution in [3.63, 3.8) is 0 Å². The molecule has 1 atom stereocenters. The zero-order valence-electron chi connectivity index (χ0n) is 14.7. The third-order valence-corrected chi connectivity index (χ3v) is 4.33. The molecule has 0 aliphatic carbocycles. The fraction of sp³-hybridized carbons (Fsp3) is 0.444. The van der Waals surface area contributed by atoms with Crippen LogP contribution in [0.15, 0.2) is 30.3 Å². The minimum atomic E-state index is -0.239. The molecule has 7 nitrogen and oxygen atoms in total. The fourth-order valence-electron chi connectivity index (χ4n) is 2.99. The SMILES string of the molecule is Cc1n[nH]c(C)c1NC(=O)NCC1CN(Cc2ccccc2)CCO1. The summed E-state index contributed by atoms with van der Waals surface area (Å²) in [6, 6.07) is 10.2. The van der Waals surface area contributed by atoms with Gasteiger partial charge in [0.2, 0.25) is 0 Å². The minimum Gasteiger partial charge on any atom is -0.374 e. The lowest BCUT2D eigenvalue weighted by Crippen LogP contribution is -2.47. The Balaban J connectivity index is 1.45. The van der Waals surface area contributed by atoms with Crippen LogP contribution in [0.4, 0.5) is 10.5 Å².